The number of rotatable bonds is 7. The summed E-state index contributed by atoms with van der Waals surface area (Å²) in [4.78, 5) is 23.5. The minimum absolute atomic E-state index is 0.0195. The quantitative estimate of drug-likeness (QED) is 0.759. The molecule has 144 valence electrons. The van der Waals surface area contributed by atoms with Crippen LogP contribution in [0.25, 0.3) is 0 Å². The van der Waals surface area contributed by atoms with Crippen molar-refractivity contribution >= 4 is 11.9 Å². The number of carbonyl (C=O) groups is 2. The van der Waals surface area contributed by atoms with E-state index >= 15 is 0 Å². The van der Waals surface area contributed by atoms with Crippen LogP contribution in [-0.2, 0) is 21.4 Å². The Bertz CT molecular complexity index is 776. The predicted molar refractivity (Wildman–Crippen MR) is 105 cm³/mol. The highest BCUT2D eigenvalue weighted by molar-refractivity contribution is 5.89. The Balaban J connectivity index is 1.80. The lowest BCUT2D eigenvalue weighted by molar-refractivity contribution is -0.123. The first-order chi connectivity index (χ1) is 12.8. The second-order valence-corrected chi connectivity index (χ2v) is 7.32. The van der Waals surface area contributed by atoms with Gasteiger partial charge < -0.3 is 14.8 Å². The maximum atomic E-state index is 12.1. The molecule has 5 heteroatoms. The summed E-state index contributed by atoms with van der Waals surface area (Å²) in [6, 6.07) is 14.9. The Hall–Kier alpha value is -2.82. The maximum Gasteiger partial charge on any atom is 0.337 e. The van der Waals surface area contributed by atoms with Crippen molar-refractivity contribution in [2.75, 3.05) is 20.3 Å². The van der Waals surface area contributed by atoms with Gasteiger partial charge in [0.2, 0.25) is 0 Å². The van der Waals surface area contributed by atoms with Crippen molar-refractivity contribution in [3.8, 4) is 5.75 Å². The van der Waals surface area contributed by atoms with Gasteiger partial charge in [0.25, 0.3) is 5.91 Å². The fourth-order valence-electron chi connectivity index (χ4n) is 2.68. The van der Waals surface area contributed by atoms with E-state index < -0.39 is 0 Å². The summed E-state index contributed by atoms with van der Waals surface area (Å²) in [5.74, 6) is 0.214. The molecule has 0 aliphatic carbocycles. The molecule has 0 unspecified atom stereocenters. The van der Waals surface area contributed by atoms with Gasteiger partial charge in [-0.15, -0.1) is 0 Å². The molecule has 0 saturated heterocycles. The number of hydrogen-bond acceptors (Lipinski definition) is 4. The van der Waals surface area contributed by atoms with Crippen molar-refractivity contribution in [2.24, 2.45) is 0 Å². The van der Waals surface area contributed by atoms with Gasteiger partial charge in [0.1, 0.15) is 5.75 Å². The van der Waals surface area contributed by atoms with Gasteiger partial charge in [0.15, 0.2) is 6.61 Å². The van der Waals surface area contributed by atoms with Crippen molar-refractivity contribution in [3.05, 3.63) is 65.2 Å². The maximum absolute atomic E-state index is 12.1. The number of ether oxygens (including phenoxy) is 2. The first kappa shape index (κ1) is 20.5. The molecule has 0 fully saturated rings. The van der Waals surface area contributed by atoms with Crippen LogP contribution in [0.3, 0.4) is 0 Å². The van der Waals surface area contributed by atoms with Crippen LogP contribution in [0.15, 0.2) is 48.5 Å². The molecule has 0 spiro atoms. The number of para-hydroxylation sites is 1. The first-order valence-electron chi connectivity index (χ1n) is 8.97. The fraction of sp³-hybridized carbons (Fsp3) is 0.364. The highest BCUT2D eigenvalue weighted by Crippen LogP contribution is 2.30. The molecule has 0 radical (unpaired) electrons. The molecule has 5 nitrogen and oxygen atoms in total. The Labute approximate surface area is 160 Å². The SMILES string of the molecule is COC(=O)c1ccc(CCNC(=O)COc2ccccc2C(C)(C)C)cc1. The summed E-state index contributed by atoms with van der Waals surface area (Å²) in [6.45, 7) is 6.82. The molecular weight excluding hydrogens is 342 g/mol. The van der Waals surface area contributed by atoms with Crippen molar-refractivity contribution < 1.29 is 19.1 Å². The van der Waals surface area contributed by atoms with E-state index in [-0.39, 0.29) is 23.9 Å². The number of methoxy groups -OCH3 is 1. The molecule has 1 amide bonds. The fourth-order valence-corrected chi connectivity index (χ4v) is 2.68. The number of benzene rings is 2. The molecule has 1 N–H and O–H groups in total. The van der Waals surface area contributed by atoms with Gasteiger partial charge in [-0.25, -0.2) is 4.79 Å². The van der Waals surface area contributed by atoms with Crippen molar-refractivity contribution in [1.82, 2.24) is 5.32 Å². The van der Waals surface area contributed by atoms with E-state index in [9.17, 15) is 9.59 Å². The van der Waals surface area contributed by atoms with Crippen LogP contribution in [0, 0.1) is 0 Å². The van der Waals surface area contributed by atoms with E-state index in [1.165, 1.54) is 7.11 Å². The molecule has 0 heterocycles. The van der Waals surface area contributed by atoms with Gasteiger partial charge in [-0.3, -0.25) is 4.79 Å². The Morgan fingerprint density at radius 1 is 1.00 bits per heavy atom. The zero-order valence-electron chi connectivity index (χ0n) is 16.4. The van der Waals surface area contributed by atoms with Gasteiger partial charge >= 0.3 is 5.97 Å². The molecule has 27 heavy (non-hydrogen) atoms. The summed E-state index contributed by atoms with van der Waals surface area (Å²) < 4.78 is 10.4. The lowest BCUT2D eigenvalue weighted by Crippen LogP contribution is -2.31. The number of amides is 1. The Morgan fingerprint density at radius 2 is 1.67 bits per heavy atom. The number of nitrogens with one attached hydrogen (secondary N) is 1. The van der Waals surface area contributed by atoms with Crippen LogP contribution < -0.4 is 10.1 Å². The molecule has 0 aromatic heterocycles. The molecule has 0 saturated carbocycles. The zero-order valence-corrected chi connectivity index (χ0v) is 16.4. The minimum Gasteiger partial charge on any atom is -0.483 e. The van der Waals surface area contributed by atoms with Crippen LogP contribution in [-0.4, -0.2) is 32.1 Å². The molecule has 0 bridgehead atoms. The summed E-state index contributed by atoms with van der Waals surface area (Å²) >= 11 is 0. The number of hydrogen-bond donors (Lipinski definition) is 1. The van der Waals surface area contributed by atoms with Gasteiger partial charge in [0, 0.05) is 6.54 Å². The van der Waals surface area contributed by atoms with E-state index in [2.05, 4.69) is 30.8 Å². The third-order valence-electron chi connectivity index (χ3n) is 4.16. The summed E-state index contributed by atoms with van der Waals surface area (Å²) in [7, 11) is 1.35. The Morgan fingerprint density at radius 3 is 2.30 bits per heavy atom. The lowest BCUT2D eigenvalue weighted by Gasteiger charge is -2.22. The highest BCUT2D eigenvalue weighted by Gasteiger charge is 2.18. The van der Waals surface area contributed by atoms with Gasteiger partial charge in [-0.2, -0.15) is 0 Å². The molecular formula is C22H27NO4. The third-order valence-corrected chi connectivity index (χ3v) is 4.16. The van der Waals surface area contributed by atoms with E-state index in [1.807, 2.05) is 36.4 Å². The van der Waals surface area contributed by atoms with E-state index in [1.54, 1.807) is 12.1 Å². The van der Waals surface area contributed by atoms with Crippen LogP contribution in [0.4, 0.5) is 0 Å². The minimum atomic E-state index is -0.359. The number of carbonyl (C=O) groups excluding carboxylic acids is 2. The molecule has 2 aromatic rings. The van der Waals surface area contributed by atoms with Crippen molar-refractivity contribution in [2.45, 2.75) is 32.6 Å². The summed E-state index contributed by atoms with van der Waals surface area (Å²) in [5, 5.41) is 2.85. The standard InChI is InChI=1S/C22H27NO4/c1-22(2,3)18-7-5-6-8-19(18)27-15-20(24)23-14-13-16-9-11-17(12-10-16)21(25)26-4/h5-12H,13-15H2,1-4H3,(H,23,24). The smallest absolute Gasteiger partial charge is 0.337 e. The predicted octanol–water partition coefficient (Wildman–Crippen LogP) is 3.51. The van der Waals surface area contributed by atoms with Gasteiger partial charge in [-0.05, 0) is 41.2 Å². The molecule has 2 aromatic carbocycles. The second kappa shape index (κ2) is 9.21. The summed E-state index contributed by atoms with van der Waals surface area (Å²) in [5.41, 5.74) is 2.56. The summed E-state index contributed by atoms with van der Waals surface area (Å²) in [6.07, 6.45) is 0.672. The van der Waals surface area contributed by atoms with E-state index in [0.717, 1.165) is 16.9 Å². The first-order valence-corrected chi connectivity index (χ1v) is 8.97. The molecule has 0 aliphatic rings. The molecule has 2 rings (SSSR count). The Kier molecular flexibility index (Phi) is 6.99. The zero-order chi connectivity index (χ0) is 19.9. The van der Waals surface area contributed by atoms with Gasteiger partial charge in [0.05, 0.1) is 12.7 Å². The topological polar surface area (TPSA) is 64.6 Å². The van der Waals surface area contributed by atoms with E-state index in [0.29, 0.717) is 18.5 Å². The third kappa shape index (κ3) is 6.13. The van der Waals surface area contributed by atoms with Crippen LogP contribution in [0.1, 0.15) is 42.3 Å². The largest absolute Gasteiger partial charge is 0.483 e. The molecule has 0 aliphatic heterocycles. The van der Waals surface area contributed by atoms with Gasteiger partial charge in [-0.1, -0.05) is 51.1 Å². The normalized spacial score (nSPS) is 11.0. The lowest BCUT2D eigenvalue weighted by atomic mass is 9.86. The average Bonchev–Trinajstić information content (AvgIpc) is 2.66. The second-order valence-electron chi connectivity index (χ2n) is 7.32. The molecule has 0 atom stereocenters. The van der Waals surface area contributed by atoms with Crippen LogP contribution in [0.5, 0.6) is 5.75 Å². The highest BCUT2D eigenvalue weighted by atomic mass is 16.5. The van der Waals surface area contributed by atoms with Crippen LogP contribution >= 0.6 is 0 Å². The number of esters is 1. The monoisotopic (exact) mass is 369 g/mol. The van der Waals surface area contributed by atoms with Crippen molar-refractivity contribution in [3.63, 3.8) is 0 Å². The van der Waals surface area contributed by atoms with E-state index in [4.69, 9.17) is 4.74 Å². The van der Waals surface area contributed by atoms with Crippen molar-refractivity contribution in [1.29, 1.82) is 0 Å². The van der Waals surface area contributed by atoms with Crippen LogP contribution in [0.2, 0.25) is 0 Å². The average molecular weight is 369 g/mol.